The predicted octanol–water partition coefficient (Wildman–Crippen LogP) is 4.19. The van der Waals surface area contributed by atoms with E-state index < -0.39 is 5.97 Å². The molecule has 29 heavy (non-hydrogen) atoms. The lowest BCUT2D eigenvalue weighted by Gasteiger charge is -2.24. The minimum absolute atomic E-state index is 0.106. The van der Waals surface area contributed by atoms with Crippen molar-refractivity contribution in [2.45, 2.75) is 46.3 Å². The number of Topliss-reactive ketones (excluding diaryl/α,β-unsaturated/α-hetero) is 1. The van der Waals surface area contributed by atoms with E-state index in [4.69, 9.17) is 9.47 Å². The van der Waals surface area contributed by atoms with Crippen molar-refractivity contribution < 1.29 is 19.1 Å². The largest absolute Gasteiger partial charge is 0.462 e. The van der Waals surface area contributed by atoms with Crippen LogP contribution in [-0.2, 0) is 9.47 Å². The number of aromatic nitrogens is 3. The van der Waals surface area contributed by atoms with Crippen molar-refractivity contribution >= 4 is 17.3 Å². The number of pyridine rings is 1. The second kappa shape index (κ2) is 7.83. The van der Waals surface area contributed by atoms with Crippen molar-refractivity contribution in [2.75, 3.05) is 13.2 Å². The van der Waals surface area contributed by atoms with Gasteiger partial charge < -0.3 is 13.9 Å². The first kappa shape index (κ1) is 19.4. The standard InChI is InChI=1S/C22H25N3O4/c1-4-28-22(27)17-13-19-16(9-11-24(19)21(14(17)2)15(3)26)18-8-10-23-25(18)20-7-5-6-12-29-20/h8-11,13,20H,4-7,12H2,1-3H3. The Kier molecular flexibility index (Phi) is 5.24. The molecule has 0 aliphatic carbocycles. The first-order valence-corrected chi connectivity index (χ1v) is 10.0. The van der Waals surface area contributed by atoms with Crippen LogP contribution in [0.25, 0.3) is 16.8 Å². The summed E-state index contributed by atoms with van der Waals surface area (Å²) >= 11 is 0. The number of esters is 1. The van der Waals surface area contributed by atoms with E-state index in [1.807, 2.05) is 27.4 Å². The second-order valence-corrected chi connectivity index (χ2v) is 7.28. The van der Waals surface area contributed by atoms with Gasteiger partial charge in [0, 0.05) is 31.5 Å². The van der Waals surface area contributed by atoms with Gasteiger partial charge in [0.25, 0.3) is 0 Å². The van der Waals surface area contributed by atoms with Crippen LogP contribution in [0.1, 0.15) is 65.7 Å². The molecule has 0 amide bonds. The van der Waals surface area contributed by atoms with Gasteiger partial charge in [-0.25, -0.2) is 9.48 Å². The molecule has 0 N–H and O–H groups in total. The third-order valence-corrected chi connectivity index (χ3v) is 5.41. The van der Waals surface area contributed by atoms with Gasteiger partial charge in [0.15, 0.2) is 12.0 Å². The van der Waals surface area contributed by atoms with Gasteiger partial charge in [0.2, 0.25) is 0 Å². The van der Waals surface area contributed by atoms with Crippen molar-refractivity contribution in [2.24, 2.45) is 0 Å². The summed E-state index contributed by atoms with van der Waals surface area (Å²) in [5.41, 5.74) is 4.06. The topological polar surface area (TPSA) is 74.8 Å². The Bertz CT molecular complexity index is 1070. The smallest absolute Gasteiger partial charge is 0.338 e. The van der Waals surface area contributed by atoms with E-state index in [0.717, 1.165) is 42.6 Å². The van der Waals surface area contributed by atoms with E-state index >= 15 is 0 Å². The summed E-state index contributed by atoms with van der Waals surface area (Å²) in [6, 6.07) is 5.69. The molecule has 7 heteroatoms. The molecule has 0 bridgehead atoms. The van der Waals surface area contributed by atoms with Crippen molar-refractivity contribution in [3.63, 3.8) is 0 Å². The first-order valence-electron chi connectivity index (χ1n) is 10.0. The number of ether oxygens (including phenoxy) is 2. The lowest BCUT2D eigenvalue weighted by molar-refractivity contribution is -0.0383. The highest BCUT2D eigenvalue weighted by atomic mass is 16.5. The molecule has 1 aliphatic rings. The zero-order valence-electron chi connectivity index (χ0n) is 17.0. The number of rotatable bonds is 5. The summed E-state index contributed by atoms with van der Waals surface area (Å²) in [4.78, 5) is 25.0. The summed E-state index contributed by atoms with van der Waals surface area (Å²) in [6.07, 6.45) is 6.58. The van der Waals surface area contributed by atoms with Gasteiger partial charge in [0.05, 0.1) is 29.1 Å². The van der Waals surface area contributed by atoms with E-state index in [-0.39, 0.29) is 18.6 Å². The molecule has 7 nitrogen and oxygen atoms in total. The molecule has 0 aromatic carbocycles. The van der Waals surface area contributed by atoms with Crippen LogP contribution < -0.4 is 0 Å². The van der Waals surface area contributed by atoms with Gasteiger partial charge in [0.1, 0.15) is 0 Å². The number of hydrogen-bond acceptors (Lipinski definition) is 5. The minimum Gasteiger partial charge on any atom is -0.462 e. The Hall–Kier alpha value is -2.93. The lowest BCUT2D eigenvalue weighted by Crippen LogP contribution is -2.19. The molecule has 4 rings (SSSR count). The maximum absolute atomic E-state index is 12.5. The fourth-order valence-corrected chi connectivity index (χ4v) is 4.08. The molecule has 1 aliphatic heterocycles. The van der Waals surface area contributed by atoms with Gasteiger partial charge in [-0.3, -0.25) is 4.79 Å². The summed E-state index contributed by atoms with van der Waals surface area (Å²) < 4.78 is 14.9. The number of hydrogen-bond donors (Lipinski definition) is 0. The minimum atomic E-state index is -0.425. The van der Waals surface area contributed by atoms with Gasteiger partial charge in [-0.2, -0.15) is 5.10 Å². The van der Waals surface area contributed by atoms with E-state index in [2.05, 4.69) is 5.10 Å². The Morgan fingerprint density at radius 2 is 2.14 bits per heavy atom. The van der Waals surface area contributed by atoms with Gasteiger partial charge in [-0.1, -0.05) is 0 Å². The first-order chi connectivity index (χ1) is 14.0. The number of ketones is 1. The van der Waals surface area contributed by atoms with E-state index in [9.17, 15) is 9.59 Å². The molecular formula is C22H25N3O4. The molecule has 152 valence electrons. The van der Waals surface area contributed by atoms with E-state index in [1.165, 1.54) is 6.92 Å². The lowest BCUT2D eigenvalue weighted by atomic mass is 10.0. The molecule has 0 radical (unpaired) electrons. The van der Waals surface area contributed by atoms with Crippen LogP contribution in [0.3, 0.4) is 0 Å². The zero-order chi connectivity index (χ0) is 20.5. The maximum Gasteiger partial charge on any atom is 0.338 e. The average Bonchev–Trinajstić information content (AvgIpc) is 3.34. The summed E-state index contributed by atoms with van der Waals surface area (Å²) in [7, 11) is 0. The molecule has 1 fully saturated rings. The predicted molar refractivity (Wildman–Crippen MR) is 108 cm³/mol. The van der Waals surface area contributed by atoms with E-state index in [0.29, 0.717) is 16.8 Å². The van der Waals surface area contributed by atoms with Crippen LogP contribution in [-0.4, -0.2) is 39.1 Å². The van der Waals surface area contributed by atoms with Crippen molar-refractivity contribution in [3.05, 3.63) is 47.4 Å². The Morgan fingerprint density at radius 3 is 2.83 bits per heavy atom. The number of carbonyl (C=O) groups is 2. The van der Waals surface area contributed by atoms with Crippen LogP contribution in [0.4, 0.5) is 0 Å². The van der Waals surface area contributed by atoms with Gasteiger partial charge in [-0.05, 0) is 56.9 Å². The Balaban J connectivity index is 1.91. The highest BCUT2D eigenvalue weighted by Crippen LogP contribution is 2.33. The normalized spacial score (nSPS) is 16.9. The maximum atomic E-state index is 12.5. The molecule has 0 saturated carbocycles. The summed E-state index contributed by atoms with van der Waals surface area (Å²) in [5, 5.41) is 4.49. The van der Waals surface area contributed by atoms with Gasteiger partial charge >= 0.3 is 5.97 Å². The molecular weight excluding hydrogens is 370 g/mol. The fourth-order valence-electron chi connectivity index (χ4n) is 4.08. The molecule has 4 heterocycles. The molecule has 0 spiro atoms. The second-order valence-electron chi connectivity index (χ2n) is 7.28. The third kappa shape index (κ3) is 3.35. The van der Waals surface area contributed by atoms with Crippen molar-refractivity contribution in [1.29, 1.82) is 0 Å². The SMILES string of the molecule is CCOC(=O)c1cc2c(-c3ccnn3C3CCCCO3)ccn2c(C(C)=O)c1C. The summed E-state index contributed by atoms with van der Waals surface area (Å²) in [5.74, 6) is -0.531. The van der Waals surface area contributed by atoms with E-state index in [1.54, 1.807) is 26.1 Å². The van der Waals surface area contributed by atoms with Crippen LogP contribution in [0, 0.1) is 6.92 Å². The molecule has 3 aromatic rings. The van der Waals surface area contributed by atoms with Crippen molar-refractivity contribution in [1.82, 2.24) is 14.2 Å². The number of carbonyl (C=O) groups excluding carboxylic acids is 2. The van der Waals surface area contributed by atoms with Crippen LogP contribution in [0.15, 0.2) is 30.6 Å². The fraction of sp³-hybridized carbons (Fsp3) is 0.409. The zero-order valence-corrected chi connectivity index (χ0v) is 17.0. The summed E-state index contributed by atoms with van der Waals surface area (Å²) in [6.45, 7) is 6.06. The highest BCUT2D eigenvalue weighted by Gasteiger charge is 2.24. The Morgan fingerprint density at radius 1 is 1.31 bits per heavy atom. The molecule has 1 atom stereocenters. The molecule has 1 saturated heterocycles. The molecule has 1 unspecified atom stereocenters. The molecule has 3 aromatic heterocycles. The quantitative estimate of drug-likeness (QED) is 0.478. The third-order valence-electron chi connectivity index (χ3n) is 5.41. The number of fused-ring (bicyclic) bond motifs is 1. The average molecular weight is 395 g/mol. The Labute approximate surface area is 169 Å². The van der Waals surface area contributed by atoms with Crippen LogP contribution >= 0.6 is 0 Å². The van der Waals surface area contributed by atoms with Crippen LogP contribution in [0.5, 0.6) is 0 Å². The van der Waals surface area contributed by atoms with Crippen LogP contribution in [0.2, 0.25) is 0 Å². The van der Waals surface area contributed by atoms with Crippen molar-refractivity contribution in [3.8, 4) is 11.3 Å². The highest BCUT2D eigenvalue weighted by molar-refractivity contribution is 6.02. The number of nitrogens with zero attached hydrogens (tertiary/aromatic N) is 3. The monoisotopic (exact) mass is 395 g/mol. The van der Waals surface area contributed by atoms with Gasteiger partial charge in [-0.15, -0.1) is 0 Å².